The van der Waals surface area contributed by atoms with E-state index in [4.69, 9.17) is 4.74 Å². The van der Waals surface area contributed by atoms with E-state index < -0.39 is 0 Å². The van der Waals surface area contributed by atoms with Crippen molar-refractivity contribution >= 4 is 33.1 Å². The van der Waals surface area contributed by atoms with Gasteiger partial charge in [-0.1, -0.05) is 6.07 Å². The summed E-state index contributed by atoms with van der Waals surface area (Å²) in [6.07, 6.45) is 1.64. The zero-order chi connectivity index (χ0) is 17.3. The van der Waals surface area contributed by atoms with Crippen LogP contribution in [0.5, 0.6) is 0 Å². The van der Waals surface area contributed by atoms with Crippen molar-refractivity contribution < 1.29 is 13.9 Å². The van der Waals surface area contributed by atoms with Gasteiger partial charge in [0.05, 0.1) is 17.7 Å². The third-order valence-corrected chi connectivity index (χ3v) is 4.86. The molecule has 0 aliphatic carbocycles. The zero-order valence-corrected chi connectivity index (χ0v) is 14.5. The number of nitrogens with zero attached hydrogens (tertiary/aromatic N) is 2. The fraction of sp³-hybridized carbons (Fsp3) is 0.294. The number of amides is 1. The van der Waals surface area contributed by atoms with Crippen LogP contribution in [0.15, 0.2) is 30.5 Å². The Morgan fingerprint density at radius 3 is 2.92 bits per heavy atom. The maximum absolute atomic E-state index is 14.2. The van der Waals surface area contributed by atoms with Crippen molar-refractivity contribution in [3.63, 3.8) is 0 Å². The van der Waals surface area contributed by atoms with E-state index >= 15 is 0 Å². The molecule has 1 aromatic carbocycles. The smallest absolute Gasteiger partial charge is 0.267 e. The van der Waals surface area contributed by atoms with Crippen LogP contribution in [-0.4, -0.2) is 22.8 Å². The largest absolute Gasteiger partial charge is 0.380 e. The second kappa shape index (κ2) is 6.70. The highest BCUT2D eigenvalue weighted by molar-refractivity contribution is 7.21. The number of benzene rings is 1. The van der Waals surface area contributed by atoms with Crippen molar-refractivity contribution in [2.45, 2.75) is 26.5 Å². The predicted octanol–water partition coefficient (Wildman–Crippen LogP) is 4.22. The van der Waals surface area contributed by atoms with Crippen LogP contribution in [0.4, 0.5) is 10.2 Å². The highest BCUT2D eigenvalue weighted by Crippen LogP contribution is 2.34. The molecule has 0 spiro atoms. The Morgan fingerprint density at radius 1 is 1.42 bits per heavy atom. The quantitative estimate of drug-likeness (QED) is 0.752. The average molecular weight is 347 g/mol. The molecule has 0 aliphatic rings. The second-order valence-corrected chi connectivity index (χ2v) is 6.72. The summed E-state index contributed by atoms with van der Waals surface area (Å²) in [7, 11) is 1.53. The van der Waals surface area contributed by atoms with Crippen LogP contribution in [0.1, 0.15) is 35.1 Å². The van der Waals surface area contributed by atoms with Crippen molar-refractivity contribution in [3.8, 4) is 0 Å². The fourth-order valence-corrected chi connectivity index (χ4v) is 3.75. The number of carbonyl (C=O) groups excluding carboxylic acids is 1. The normalized spacial score (nSPS) is 11.4. The summed E-state index contributed by atoms with van der Waals surface area (Å²) >= 11 is 1.26. The number of rotatable bonds is 5. The number of hydrogen-bond acceptors (Lipinski definition) is 4. The minimum absolute atomic E-state index is 0.119. The zero-order valence-electron chi connectivity index (χ0n) is 13.7. The van der Waals surface area contributed by atoms with Gasteiger partial charge in [-0.05, 0) is 26.0 Å². The lowest BCUT2D eigenvalue weighted by Gasteiger charge is -2.12. The van der Waals surface area contributed by atoms with E-state index in [0.717, 1.165) is 4.70 Å². The van der Waals surface area contributed by atoms with Gasteiger partial charge in [0.1, 0.15) is 11.6 Å². The van der Waals surface area contributed by atoms with E-state index in [0.29, 0.717) is 21.6 Å². The van der Waals surface area contributed by atoms with Gasteiger partial charge < -0.3 is 10.1 Å². The number of carbonyl (C=O) groups is 1. The number of hydrogen-bond donors (Lipinski definition) is 1. The summed E-state index contributed by atoms with van der Waals surface area (Å²) in [4.78, 5) is 13.2. The number of halogens is 1. The molecular formula is C17H18FN3O2S. The van der Waals surface area contributed by atoms with Crippen molar-refractivity contribution in [2.75, 3.05) is 12.4 Å². The van der Waals surface area contributed by atoms with Gasteiger partial charge in [0.25, 0.3) is 5.91 Å². The van der Waals surface area contributed by atoms with Gasteiger partial charge in [0.15, 0.2) is 0 Å². The molecule has 5 nitrogen and oxygen atoms in total. The van der Waals surface area contributed by atoms with Gasteiger partial charge in [-0.15, -0.1) is 11.3 Å². The molecule has 3 aromatic rings. The van der Waals surface area contributed by atoms with Gasteiger partial charge >= 0.3 is 0 Å². The molecular weight excluding hydrogens is 329 g/mol. The Balaban J connectivity index is 2.02. The lowest BCUT2D eigenvalue weighted by atomic mass is 10.1. The van der Waals surface area contributed by atoms with Crippen LogP contribution in [-0.2, 0) is 11.3 Å². The molecule has 0 unspecified atom stereocenters. The van der Waals surface area contributed by atoms with E-state index in [2.05, 4.69) is 10.4 Å². The molecule has 7 heteroatoms. The van der Waals surface area contributed by atoms with Gasteiger partial charge in [0, 0.05) is 34.9 Å². The molecule has 0 saturated carbocycles. The summed E-state index contributed by atoms with van der Waals surface area (Å²) in [5, 5.41) is 7.51. The van der Waals surface area contributed by atoms with Crippen LogP contribution in [0.3, 0.4) is 0 Å². The minimum atomic E-state index is -0.345. The Hall–Kier alpha value is -2.25. The number of methoxy groups -OCH3 is 1. The number of thiophene rings is 1. The summed E-state index contributed by atoms with van der Waals surface area (Å²) in [5.41, 5.74) is 0.573. The molecule has 1 N–H and O–H groups in total. The summed E-state index contributed by atoms with van der Waals surface area (Å²) in [5.74, 6) is -0.0246. The fourth-order valence-electron chi connectivity index (χ4n) is 2.63. The molecule has 0 aliphatic heterocycles. The van der Waals surface area contributed by atoms with Crippen LogP contribution in [0.25, 0.3) is 10.1 Å². The van der Waals surface area contributed by atoms with Crippen molar-refractivity contribution in [1.29, 1.82) is 0 Å². The van der Waals surface area contributed by atoms with E-state index in [1.807, 2.05) is 13.8 Å². The van der Waals surface area contributed by atoms with Gasteiger partial charge in [0.2, 0.25) is 0 Å². The first-order valence-corrected chi connectivity index (χ1v) is 8.38. The standard InChI is InChI=1S/C17H18FN3O2S/c1-10(2)21-14(7-8-19-21)20-17(22)16-11(9-23-3)15-12(18)5-4-6-13(15)24-16/h4-8,10H,9H2,1-3H3,(H,20,22). The number of nitrogens with one attached hydrogen (secondary N) is 1. The van der Waals surface area contributed by atoms with Crippen molar-refractivity contribution in [1.82, 2.24) is 9.78 Å². The van der Waals surface area contributed by atoms with E-state index in [1.54, 1.807) is 29.1 Å². The van der Waals surface area contributed by atoms with E-state index in [-0.39, 0.29) is 24.4 Å². The molecule has 0 saturated heterocycles. The molecule has 2 aromatic heterocycles. The average Bonchev–Trinajstić information content (AvgIpc) is 3.13. The highest BCUT2D eigenvalue weighted by Gasteiger charge is 2.21. The highest BCUT2D eigenvalue weighted by atomic mass is 32.1. The molecule has 0 radical (unpaired) electrons. The Morgan fingerprint density at radius 2 is 2.21 bits per heavy atom. The minimum Gasteiger partial charge on any atom is -0.380 e. The van der Waals surface area contributed by atoms with Gasteiger partial charge in [-0.3, -0.25) is 4.79 Å². The maximum atomic E-state index is 14.2. The second-order valence-electron chi connectivity index (χ2n) is 5.66. The van der Waals surface area contributed by atoms with Gasteiger partial charge in [-0.2, -0.15) is 5.10 Å². The number of fused-ring (bicyclic) bond motifs is 1. The molecule has 0 atom stereocenters. The maximum Gasteiger partial charge on any atom is 0.267 e. The first-order chi connectivity index (χ1) is 11.5. The summed E-state index contributed by atoms with van der Waals surface area (Å²) in [6, 6.07) is 6.69. The third-order valence-electron chi connectivity index (χ3n) is 3.66. The van der Waals surface area contributed by atoms with Crippen LogP contribution >= 0.6 is 11.3 Å². The van der Waals surface area contributed by atoms with Crippen LogP contribution in [0, 0.1) is 5.82 Å². The molecule has 0 fully saturated rings. The Bertz CT molecular complexity index is 885. The number of ether oxygens (including phenoxy) is 1. The monoisotopic (exact) mass is 347 g/mol. The topological polar surface area (TPSA) is 56.1 Å². The number of anilines is 1. The van der Waals surface area contributed by atoms with Crippen molar-refractivity contribution in [3.05, 3.63) is 46.7 Å². The van der Waals surface area contributed by atoms with Gasteiger partial charge in [-0.25, -0.2) is 9.07 Å². The van der Waals surface area contributed by atoms with E-state index in [9.17, 15) is 9.18 Å². The molecule has 0 bridgehead atoms. The molecule has 1 amide bonds. The first-order valence-electron chi connectivity index (χ1n) is 7.56. The molecule has 2 heterocycles. The Labute approximate surface area is 143 Å². The Kier molecular flexibility index (Phi) is 4.64. The summed E-state index contributed by atoms with van der Waals surface area (Å²) in [6.45, 7) is 4.13. The summed E-state index contributed by atoms with van der Waals surface area (Å²) < 4.78 is 21.8. The van der Waals surface area contributed by atoms with Crippen LogP contribution < -0.4 is 5.32 Å². The molecule has 24 heavy (non-hydrogen) atoms. The number of aromatic nitrogens is 2. The molecule has 3 rings (SSSR count). The van der Waals surface area contributed by atoms with Crippen molar-refractivity contribution in [2.24, 2.45) is 0 Å². The predicted molar refractivity (Wildman–Crippen MR) is 93.1 cm³/mol. The first kappa shape index (κ1) is 16.6. The molecule has 126 valence electrons. The lowest BCUT2D eigenvalue weighted by molar-refractivity contribution is 0.102. The van der Waals surface area contributed by atoms with E-state index in [1.165, 1.54) is 24.5 Å². The van der Waals surface area contributed by atoms with Crippen LogP contribution in [0.2, 0.25) is 0 Å². The SMILES string of the molecule is COCc1c(C(=O)Nc2ccnn2C(C)C)sc2cccc(F)c12. The lowest BCUT2D eigenvalue weighted by Crippen LogP contribution is -2.17. The third kappa shape index (κ3) is 2.92.